The van der Waals surface area contributed by atoms with Crippen LogP contribution in [0.25, 0.3) is 22.6 Å². The minimum absolute atomic E-state index is 0.246. The molecule has 28 heavy (non-hydrogen) atoms. The van der Waals surface area contributed by atoms with Crippen LogP contribution in [0.15, 0.2) is 35.4 Å². The molecule has 150 valence electrons. The Hall–Kier alpha value is -2.55. The maximum Gasteiger partial charge on any atom is 0.417 e. The Morgan fingerprint density at radius 3 is 2.54 bits per heavy atom. The van der Waals surface area contributed by atoms with Crippen molar-refractivity contribution in [3.8, 4) is 11.4 Å². The van der Waals surface area contributed by atoms with Crippen LogP contribution in [0.2, 0.25) is 0 Å². The number of aryl methyl sites for hydroxylation is 2. The molecule has 0 radical (unpaired) electrons. The van der Waals surface area contributed by atoms with E-state index in [1.165, 1.54) is 7.11 Å². The lowest BCUT2D eigenvalue weighted by molar-refractivity contribution is -0.137. The summed E-state index contributed by atoms with van der Waals surface area (Å²) in [5.41, 5.74) is 1.93. The zero-order valence-electron chi connectivity index (χ0n) is 15.9. The number of methoxy groups -OCH3 is 1. The zero-order valence-corrected chi connectivity index (χ0v) is 16.7. The van der Waals surface area contributed by atoms with Crippen molar-refractivity contribution in [2.24, 2.45) is 7.05 Å². The molecule has 1 aromatic carbocycles. The molecule has 5 nitrogen and oxygen atoms in total. The van der Waals surface area contributed by atoms with Crippen molar-refractivity contribution in [2.75, 3.05) is 12.9 Å². The SMILES string of the molecule is CCSc1cc(C)ccc1-c1nc2cc(C(F)(F)F)cnc2n1C.COC=O. The molecule has 2 aromatic heterocycles. The second-order valence-electron chi connectivity index (χ2n) is 5.82. The molecule has 3 rings (SSSR count). The normalized spacial score (nSPS) is 11.1. The molecule has 2 heterocycles. The van der Waals surface area contributed by atoms with Crippen LogP contribution in [-0.4, -0.2) is 33.9 Å². The first-order valence-electron chi connectivity index (χ1n) is 8.32. The number of hydrogen-bond acceptors (Lipinski definition) is 5. The van der Waals surface area contributed by atoms with Crippen LogP contribution >= 0.6 is 11.8 Å². The molecule has 0 amide bonds. The Morgan fingerprint density at radius 1 is 1.29 bits per heavy atom. The first kappa shape index (κ1) is 21.7. The van der Waals surface area contributed by atoms with Crippen molar-refractivity contribution in [1.82, 2.24) is 14.5 Å². The van der Waals surface area contributed by atoms with Gasteiger partial charge < -0.3 is 9.30 Å². The average molecular weight is 411 g/mol. The Balaban J connectivity index is 0.000000640. The second-order valence-corrected chi connectivity index (χ2v) is 7.13. The van der Waals surface area contributed by atoms with E-state index in [2.05, 4.69) is 27.7 Å². The van der Waals surface area contributed by atoms with Gasteiger partial charge in [-0.05, 0) is 36.4 Å². The number of fused-ring (bicyclic) bond motifs is 1. The van der Waals surface area contributed by atoms with Crippen LogP contribution in [-0.2, 0) is 22.8 Å². The molecule has 0 saturated carbocycles. The maximum absolute atomic E-state index is 12.9. The molecule has 0 bridgehead atoms. The third-order valence-electron chi connectivity index (χ3n) is 3.81. The second kappa shape index (κ2) is 9.09. The van der Waals surface area contributed by atoms with Gasteiger partial charge in [-0.1, -0.05) is 13.0 Å². The molecule has 0 spiro atoms. The summed E-state index contributed by atoms with van der Waals surface area (Å²) in [6, 6.07) is 7.05. The Labute approximate surface area is 164 Å². The highest BCUT2D eigenvalue weighted by Crippen LogP contribution is 2.34. The smallest absolute Gasteiger partial charge is 0.417 e. The lowest BCUT2D eigenvalue weighted by Crippen LogP contribution is -2.05. The molecule has 0 aliphatic rings. The minimum atomic E-state index is -4.42. The van der Waals surface area contributed by atoms with Gasteiger partial charge in [0.15, 0.2) is 5.65 Å². The summed E-state index contributed by atoms with van der Waals surface area (Å²) in [6.07, 6.45) is -3.57. The number of aromatic nitrogens is 3. The third kappa shape index (κ3) is 4.83. The van der Waals surface area contributed by atoms with Crippen LogP contribution in [0, 0.1) is 6.92 Å². The predicted molar refractivity (Wildman–Crippen MR) is 103 cm³/mol. The summed E-state index contributed by atoms with van der Waals surface area (Å²) in [6.45, 7) is 4.44. The highest BCUT2D eigenvalue weighted by molar-refractivity contribution is 7.99. The number of pyridine rings is 1. The fraction of sp³-hybridized carbons (Fsp3) is 0.316. The third-order valence-corrected chi connectivity index (χ3v) is 4.75. The van der Waals surface area contributed by atoms with E-state index in [0.29, 0.717) is 17.9 Å². The first-order valence-corrected chi connectivity index (χ1v) is 9.31. The molecular formula is C19H20F3N3O2S. The lowest BCUT2D eigenvalue weighted by atomic mass is 10.1. The van der Waals surface area contributed by atoms with Crippen molar-refractivity contribution in [3.05, 3.63) is 41.6 Å². The molecular weight excluding hydrogens is 391 g/mol. The molecule has 9 heteroatoms. The summed E-state index contributed by atoms with van der Waals surface area (Å²) in [5.74, 6) is 1.52. The van der Waals surface area contributed by atoms with E-state index in [4.69, 9.17) is 4.79 Å². The van der Waals surface area contributed by atoms with E-state index >= 15 is 0 Å². The van der Waals surface area contributed by atoms with Crippen LogP contribution in [0.3, 0.4) is 0 Å². The van der Waals surface area contributed by atoms with Crippen LogP contribution in [0.5, 0.6) is 0 Å². The van der Waals surface area contributed by atoms with E-state index in [1.807, 2.05) is 19.1 Å². The van der Waals surface area contributed by atoms with Crippen LogP contribution in [0.4, 0.5) is 13.2 Å². The Bertz CT molecular complexity index is 971. The van der Waals surface area contributed by atoms with Gasteiger partial charge in [-0.3, -0.25) is 4.79 Å². The lowest BCUT2D eigenvalue weighted by Gasteiger charge is -2.09. The van der Waals surface area contributed by atoms with Crippen molar-refractivity contribution >= 4 is 29.4 Å². The number of hydrogen-bond donors (Lipinski definition) is 0. The van der Waals surface area contributed by atoms with E-state index in [9.17, 15) is 13.2 Å². The van der Waals surface area contributed by atoms with Gasteiger partial charge in [-0.25, -0.2) is 9.97 Å². The number of halogens is 3. The number of imidazole rings is 1. The van der Waals surface area contributed by atoms with Gasteiger partial charge in [0, 0.05) is 23.7 Å². The summed E-state index contributed by atoms with van der Waals surface area (Å²) in [4.78, 5) is 18.4. The Kier molecular flexibility index (Phi) is 7.06. The predicted octanol–water partition coefficient (Wildman–Crippen LogP) is 4.86. The number of thioether (sulfide) groups is 1. The highest BCUT2D eigenvalue weighted by atomic mass is 32.2. The van der Waals surface area contributed by atoms with Gasteiger partial charge in [0.25, 0.3) is 6.47 Å². The summed E-state index contributed by atoms with van der Waals surface area (Å²) in [5, 5.41) is 0. The fourth-order valence-corrected chi connectivity index (χ4v) is 3.46. The molecule has 0 atom stereocenters. The van der Waals surface area contributed by atoms with Gasteiger partial charge in [-0.15, -0.1) is 11.8 Å². The van der Waals surface area contributed by atoms with Crippen molar-refractivity contribution < 1.29 is 22.7 Å². The average Bonchev–Trinajstić information content (AvgIpc) is 2.98. The number of carbonyl (C=O) groups excluding carboxylic acids is 1. The van der Waals surface area contributed by atoms with E-state index in [1.54, 1.807) is 23.4 Å². The molecule has 0 aliphatic heterocycles. The monoisotopic (exact) mass is 411 g/mol. The van der Waals surface area contributed by atoms with Crippen LogP contribution < -0.4 is 0 Å². The molecule has 0 saturated heterocycles. The largest absolute Gasteiger partial charge is 0.471 e. The quantitative estimate of drug-likeness (QED) is 0.453. The first-order chi connectivity index (χ1) is 13.2. The zero-order chi connectivity index (χ0) is 20.9. The summed E-state index contributed by atoms with van der Waals surface area (Å²) in [7, 11) is 3.08. The van der Waals surface area contributed by atoms with Crippen molar-refractivity contribution in [1.29, 1.82) is 0 Å². The summed E-state index contributed by atoms with van der Waals surface area (Å²) >= 11 is 1.68. The number of alkyl halides is 3. The number of benzene rings is 1. The number of carbonyl (C=O) groups is 1. The van der Waals surface area contributed by atoms with Crippen molar-refractivity contribution in [3.63, 3.8) is 0 Å². The summed E-state index contributed by atoms with van der Waals surface area (Å²) < 4.78 is 44.2. The van der Waals surface area contributed by atoms with Crippen LogP contribution in [0.1, 0.15) is 18.1 Å². The van der Waals surface area contributed by atoms with E-state index < -0.39 is 11.7 Å². The number of nitrogens with zero attached hydrogens (tertiary/aromatic N) is 3. The van der Waals surface area contributed by atoms with Gasteiger partial charge >= 0.3 is 6.18 Å². The molecule has 0 fully saturated rings. The van der Waals surface area contributed by atoms with Gasteiger partial charge in [0.1, 0.15) is 11.3 Å². The standard InChI is InChI=1S/C17H16F3N3S.C2H4O2/c1-4-24-14-7-10(2)5-6-12(14)15-22-13-8-11(17(18,19)20)9-21-16(13)23(15)3;1-4-2-3/h5-9H,4H2,1-3H3;2H,1H3. The Morgan fingerprint density at radius 2 is 1.96 bits per heavy atom. The number of rotatable bonds is 4. The molecule has 0 unspecified atom stereocenters. The maximum atomic E-state index is 12.9. The van der Waals surface area contributed by atoms with Gasteiger partial charge in [0.2, 0.25) is 0 Å². The van der Waals surface area contributed by atoms with Gasteiger partial charge in [-0.2, -0.15) is 13.2 Å². The van der Waals surface area contributed by atoms with E-state index in [0.717, 1.165) is 34.0 Å². The highest BCUT2D eigenvalue weighted by Gasteiger charge is 2.31. The topological polar surface area (TPSA) is 57.0 Å². The molecule has 0 aliphatic carbocycles. The van der Waals surface area contributed by atoms with E-state index in [-0.39, 0.29) is 5.52 Å². The van der Waals surface area contributed by atoms with Crippen molar-refractivity contribution in [2.45, 2.75) is 24.9 Å². The van der Waals surface area contributed by atoms with Gasteiger partial charge in [0.05, 0.1) is 12.7 Å². The fourth-order valence-electron chi connectivity index (χ4n) is 2.56. The minimum Gasteiger partial charge on any atom is -0.471 e. The number of ether oxygens (including phenoxy) is 1. The molecule has 0 N–H and O–H groups in total. The molecule has 3 aromatic rings.